The molecule has 146 valence electrons. The van der Waals surface area contributed by atoms with E-state index in [0.29, 0.717) is 5.96 Å². The lowest BCUT2D eigenvalue weighted by Crippen LogP contribution is -2.49. The first-order valence-corrected chi connectivity index (χ1v) is 8.26. The number of halogens is 3. The van der Waals surface area contributed by atoms with Crippen molar-refractivity contribution in [1.82, 2.24) is 25.3 Å². The molecule has 2 heterocycles. The van der Waals surface area contributed by atoms with Crippen LogP contribution in [0.5, 0.6) is 0 Å². The standard InChI is InChI=1S/C15H24F3N7O/c1-20-14(22-11-3-5-25(6-4-11)9-12(19)26)21-7-10-8-24(2)23-13(10)15(16,17)18/h8,11H,3-7,9H2,1-2H3,(H2,19,26)(H2,20,21,22). The zero-order valence-corrected chi connectivity index (χ0v) is 14.8. The van der Waals surface area contributed by atoms with Crippen LogP contribution in [0.25, 0.3) is 0 Å². The summed E-state index contributed by atoms with van der Waals surface area (Å²) < 4.78 is 40.1. The molecule has 0 spiro atoms. The molecule has 0 unspecified atom stereocenters. The number of hydrogen-bond acceptors (Lipinski definition) is 4. The van der Waals surface area contributed by atoms with E-state index in [-0.39, 0.29) is 30.6 Å². The number of aromatic nitrogens is 2. The largest absolute Gasteiger partial charge is 0.435 e. The number of aliphatic imine (C=N–C) groups is 1. The Morgan fingerprint density at radius 3 is 2.62 bits per heavy atom. The monoisotopic (exact) mass is 375 g/mol. The second kappa shape index (κ2) is 8.39. The molecular formula is C15H24F3N7O. The number of alkyl halides is 3. The molecule has 1 aromatic rings. The van der Waals surface area contributed by atoms with Gasteiger partial charge in [0.2, 0.25) is 5.91 Å². The van der Waals surface area contributed by atoms with E-state index in [4.69, 9.17) is 5.73 Å². The average molecular weight is 375 g/mol. The first-order chi connectivity index (χ1) is 12.2. The number of rotatable bonds is 5. The number of carbonyl (C=O) groups is 1. The molecule has 1 fully saturated rings. The molecule has 0 radical (unpaired) electrons. The first kappa shape index (κ1) is 20.0. The summed E-state index contributed by atoms with van der Waals surface area (Å²) in [6.45, 7) is 1.64. The molecule has 0 saturated carbocycles. The Hall–Kier alpha value is -2.30. The average Bonchev–Trinajstić information content (AvgIpc) is 2.93. The van der Waals surface area contributed by atoms with E-state index in [0.717, 1.165) is 30.6 Å². The number of nitrogens with two attached hydrogens (primary N) is 1. The quantitative estimate of drug-likeness (QED) is 0.499. The minimum Gasteiger partial charge on any atom is -0.369 e. The van der Waals surface area contributed by atoms with Crippen LogP contribution < -0.4 is 16.4 Å². The summed E-state index contributed by atoms with van der Waals surface area (Å²) in [4.78, 5) is 17.0. The van der Waals surface area contributed by atoms with Gasteiger partial charge in [0.1, 0.15) is 0 Å². The normalized spacial score (nSPS) is 17.3. The third-order valence-electron chi connectivity index (χ3n) is 4.15. The lowest BCUT2D eigenvalue weighted by Gasteiger charge is -2.32. The van der Waals surface area contributed by atoms with Crippen LogP contribution in [0.2, 0.25) is 0 Å². The van der Waals surface area contributed by atoms with Gasteiger partial charge in [-0.3, -0.25) is 19.4 Å². The molecule has 26 heavy (non-hydrogen) atoms. The molecule has 1 aliphatic rings. The van der Waals surface area contributed by atoms with Gasteiger partial charge in [0, 0.05) is 51.5 Å². The zero-order chi connectivity index (χ0) is 19.3. The van der Waals surface area contributed by atoms with Gasteiger partial charge in [-0.05, 0) is 12.8 Å². The van der Waals surface area contributed by atoms with Crippen molar-refractivity contribution in [3.63, 3.8) is 0 Å². The van der Waals surface area contributed by atoms with Crippen molar-refractivity contribution < 1.29 is 18.0 Å². The predicted molar refractivity (Wildman–Crippen MR) is 90.2 cm³/mol. The highest BCUT2D eigenvalue weighted by Gasteiger charge is 2.36. The van der Waals surface area contributed by atoms with Crippen molar-refractivity contribution in [2.45, 2.75) is 31.6 Å². The molecule has 0 bridgehead atoms. The third kappa shape index (κ3) is 5.61. The van der Waals surface area contributed by atoms with Gasteiger partial charge >= 0.3 is 6.18 Å². The Labute approximate surface area is 149 Å². The number of likely N-dealkylation sites (tertiary alicyclic amines) is 1. The predicted octanol–water partition coefficient (Wildman–Crippen LogP) is 0.0536. The van der Waals surface area contributed by atoms with E-state index in [9.17, 15) is 18.0 Å². The minimum atomic E-state index is -4.50. The fourth-order valence-corrected chi connectivity index (χ4v) is 2.93. The van der Waals surface area contributed by atoms with Gasteiger partial charge in [-0.15, -0.1) is 0 Å². The highest BCUT2D eigenvalue weighted by atomic mass is 19.4. The maximum Gasteiger partial charge on any atom is 0.435 e. The SMILES string of the molecule is CN=C(NCc1cn(C)nc1C(F)(F)F)NC1CCN(CC(N)=O)CC1. The number of guanidine groups is 1. The Balaban J connectivity index is 1.87. The topological polar surface area (TPSA) is 101 Å². The summed E-state index contributed by atoms with van der Waals surface area (Å²) in [5.41, 5.74) is 4.34. The van der Waals surface area contributed by atoms with Crippen molar-refractivity contribution in [3.05, 3.63) is 17.5 Å². The molecule has 0 aliphatic carbocycles. The summed E-state index contributed by atoms with van der Waals surface area (Å²) in [5.74, 6) is 0.0705. The first-order valence-electron chi connectivity index (χ1n) is 8.26. The third-order valence-corrected chi connectivity index (χ3v) is 4.15. The van der Waals surface area contributed by atoms with Crippen molar-refractivity contribution in [2.24, 2.45) is 17.8 Å². The maximum absolute atomic E-state index is 13.0. The molecule has 1 aliphatic heterocycles. The van der Waals surface area contributed by atoms with Gasteiger partial charge in [0.05, 0.1) is 6.54 Å². The Morgan fingerprint density at radius 1 is 1.42 bits per heavy atom. The highest BCUT2D eigenvalue weighted by Crippen LogP contribution is 2.30. The second-order valence-corrected chi connectivity index (χ2v) is 6.26. The fraction of sp³-hybridized carbons (Fsp3) is 0.667. The number of primary amides is 1. The number of piperidine rings is 1. The number of nitrogens with one attached hydrogen (secondary N) is 2. The number of aryl methyl sites for hydroxylation is 1. The molecule has 11 heteroatoms. The second-order valence-electron chi connectivity index (χ2n) is 6.26. The van der Waals surface area contributed by atoms with Crippen LogP contribution in [0, 0.1) is 0 Å². The van der Waals surface area contributed by atoms with Gasteiger partial charge in [-0.2, -0.15) is 18.3 Å². The number of carbonyl (C=O) groups excluding carboxylic acids is 1. The fourth-order valence-electron chi connectivity index (χ4n) is 2.93. The molecule has 4 N–H and O–H groups in total. The summed E-state index contributed by atoms with van der Waals surface area (Å²) in [7, 11) is 3.01. The number of nitrogens with zero attached hydrogens (tertiary/aromatic N) is 4. The van der Waals surface area contributed by atoms with Crippen LogP contribution in [0.3, 0.4) is 0 Å². The van der Waals surface area contributed by atoms with Crippen LogP contribution >= 0.6 is 0 Å². The molecule has 2 rings (SSSR count). The van der Waals surface area contributed by atoms with Crippen molar-refractivity contribution in [1.29, 1.82) is 0 Å². The van der Waals surface area contributed by atoms with Crippen molar-refractivity contribution in [2.75, 3.05) is 26.7 Å². The number of hydrogen-bond donors (Lipinski definition) is 3. The van der Waals surface area contributed by atoms with E-state index >= 15 is 0 Å². The lowest BCUT2D eigenvalue weighted by molar-refractivity contribution is -0.142. The summed E-state index contributed by atoms with van der Waals surface area (Å²) in [5, 5.41) is 9.58. The van der Waals surface area contributed by atoms with E-state index in [1.54, 1.807) is 7.05 Å². The maximum atomic E-state index is 13.0. The van der Waals surface area contributed by atoms with Crippen LogP contribution in [0.15, 0.2) is 11.2 Å². The molecular weight excluding hydrogens is 351 g/mol. The van der Waals surface area contributed by atoms with Gasteiger partial charge in [-0.25, -0.2) is 0 Å². The minimum absolute atomic E-state index is 0.0388. The molecule has 8 nitrogen and oxygen atoms in total. The van der Waals surface area contributed by atoms with Crippen molar-refractivity contribution >= 4 is 11.9 Å². The Kier molecular flexibility index (Phi) is 6.46. The molecule has 1 amide bonds. The van der Waals surface area contributed by atoms with Gasteiger partial charge in [-0.1, -0.05) is 0 Å². The molecule has 1 saturated heterocycles. The zero-order valence-electron chi connectivity index (χ0n) is 14.8. The van der Waals surface area contributed by atoms with Crippen LogP contribution in [0.4, 0.5) is 13.2 Å². The van der Waals surface area contributed by atoms with Crippen molar-refractivity contribution in [3.8, 4) is 0 Å². The highest BCUT2D eigenvalue weighted by molar-refractivity contribution is 5.80. The van der Waals surface area contributed by atoms with E-state index in [1.807, 2.05) is 4.90 Å². The van der Waals surface area contributed by atoms with Crippen LogP contribution in [0.1, 0.15) is 24.1 Å². The lowest BCUT2D eigenvalue weighted by atomic mass is 10.1. The summed E-state index contributed by atoms with van der Waals surface area (Å²) >= 11 is 0. The summed E-state index contributed by atoms with van der Waals surface area (Å²) in [6, 6.07) is 0.126. The molecule has 0 atom stereocenters. The molecule has 1 aromatic heterocycles. The van der Waals surface area contributed by atoms with Gasteiger partial charge in [0.15, 0.2) is 11.7 Å². The van der Waals surface area contributed by atoms with E-state index in [2.05, 4.69) is 20.7 Å². The summed E-state index contributed by atoms with van der Waals surface area (Å²) in [6.07, 6.45) is -1.59. The van der Waals surface area contributed by atoms with Crippen LogP contribution in [-0.4, -0.2) is 59.3 Å². The van der Waals surface area contributed by atoms with Gasteiger partial charge < -0.3 is 16.4 Å². The van der Waals surface area contributed by atoms with Crippen LogP contribution in [-0.2, 0) is 24.6 Å². The Bertz CT molecular complexity index is 648. The molecule has 0 aromatic carbocycles. The smallest absolute Gasteiger partial charge is 0.369 e. The van der Waals surface area contributed by atoms with E-state index < -0.39 is 11.9 Å². The Morgan fingerprint density at radius 2 is 2.08 bits per heavy atom. The number of amides is 1. The van der Waals surface area contributed by atoms with E-state index in [1.165, 1.54) is 13.2 Å². The van der Waals surface area contributed by atoms with Gasteiger partial charge in [0.25, 0.3) is 0 Å².